The maximum absolute atomic E-state index is 6.36. The van der Waals surface area contributed by atoms with Crippen molar-refractivity contribution in [1.29, 1.82) is 0 Å². The topological polar surface area (TPSA) is 53.1 Å². The zero-order valence-corrected chi connectivity index (χ0v) is 11.5. The lowest BCUT2D eigenvalue weighted by molar-refractivity contribution is 0.0992. The van der Waals surface area contributed by atoms with Crippen LogP contribution in [0.25, 0.3) is 11.0 Å². The molecule has 1 aliphatic rings. The molecule has 102 valence electrons. The zero-order valence-electron chi connectivity index (χ0n) is 11.5. The van der Waals surface area contributed by atoms with Gasteiger partial charge in [0, 0.05) is 32.0 Å². The number of nitrogens with two attached hydrogens (primary N) is 1. The van der Waals surface area contributed by atoms with Gasteiger partial charge in [-0.05, 0) is 25.5 Å². The van der Waals surface area contributed by atoms with Crippen molar-refractivity contribution in [3.8, 4) is 0 Å². The molecule has 19 heavy (non-hydrogen) atoms. The van der Waals surface area contributed by atoms with Crippen molar-refractivity contribution in [3.05, 3.63) is 30.1 Å². The van der Waals surface area contributed by atoms with Gasteiger partial charge in [0.25, 0.3) is 0 Å². The van der Waals surface area contributed by atoms with Gasteiger partial charge in [0.15, 0.2) is 0 Å². The number of para-hydroxylation sites is 2. The van der Waals surface area contributed by atoms with Gasteiger partial charge < -0.3 is 15.0 Å². The third-order valence-electron chi connectivity index (χ3n) is 4.28. The van der Waals surface area contributed by atoms with E-state index in [1.165, 1.54) is 5.52 Å². The van der Waals surface area contributed by atoms with E-state index in [9.17, 15) is 0 Å². The Balaban J connectivity index is 1.83. The Bertz CT molecular complexity index is 578. The molecule has 1 aromatic carbocycles. The lowest BCUT2D eigenvalue weighted by Gasteiger charge is -2.21. The van der Waals surface area contributed by atoms with Crippen molar-refractivity contribution in [2.75, 3.05) is 6.61 Å². The Morgan fingerprint density at radius 3 is 2.95 bits per heavy atom. The molecule has 2 aromatic rings. The predicted molar refractivity (Wildman–Crippen MR) is 75.9 cm³/mol. The SMILES string of the molecule is CC1OCCC1C(N)Cc1nc2ccccc2n1C. The van der Waals surface area contributed by atoms with Gasteiger partial charge in [-0.15, -0.1) is 0 Å². The summed E-state index contributed by atoms with van der Waals surface area (Å²) < 4.78 is 7.75. The normalized spacial score (nSPS) is 25.0. The predicted octanol–water partition coefficient (Wildman–Crippen LogP) is 1.87. The molecule has 1 saturated heterocycles. The fourth-order valence-electron chi connectivity index (χ4n) is 3.05. The highest BCUT2D eigenvalue weighted by Crippen LogP contribution is 2.25. The second kappa shape index (κ2) is 4.94. The molecule has 4 heteroatoms. The van der Waals surface area contributed by atoms with Crippen LogP contribution in [0.5, 0.6) is 0 Å². The number of fused-ring (bicyclic) bond motifs is 1. The van der Waals surface area contributed by atoms with E-state index < -0.39 is 0 Å². The van der Waals surface area contributed by atoms with Crippen LogP contribution in [-0.4, -0.2) is 28.3 Å². The van der Waals surface area contributed by atoms with Gasteiger partial charge >= 0.3 is 0 Å². The number of ether oxygens (including phenoxy) is 1. The minimum atomic E-state index is 0.119. The molecule has 2 N–H and O–H groups in total. The summed E-state index contributed by atoms with van der Waals surface area (Å²) in [6.45, 7) is 2.95. The maximum atomic E-state index is 6.36. The third-order valence-corrected chi connectivity index (χ3v) is 4.28. The van der Waals surface area contributed by atoms with Crippen LogP contribution in [-0.2, 0) is 18.2 Å². The largest absolute Gasteiger partial charge is 0.378 e. The molecule has 0 spiro atoms. The van der Waals surface area contributed by atoms with Crippen LogP contribution in [0.3, 0.4) is 0 Å². The van der Waals surface area contributed by atoms with Crippen LogP contribution in [0.4, 0.5) is 0 Å². The highest BCUT2D eigenvalue weighted by molar-refractivity contribution is 5.75. The monoisotopic (exact) mass is 259 g/mol. The highest BCUT2D eigenvalue weighted by atomic mass is 16.5. The number of nitrogens with zero attached hydrogens (tertiary/aromatic N) is 2. The number of aromatic nitrogens is 2. The Morgan fingerprint density at radius 1 is 1.47 bits per heavy atom. The molecule has 1 aromatic heterocycles. The smallest absolute Gasteiger partial charge is 0.111 e. The first kappa shape index (κ1) is 12.6. The molecule has 0 amide bonds. The summed E-state index contributed by atoms with van der Waals surface area (Å²) >= 11 is 0. The van der Waals surface area contributed by atoms with Crippen molar-refractivity contribution in [2.24, 2.45) is 18.7 Å². The van der Waals surface area contributed by atoms with Gasteiger partial charge in [-0.2, -0.15) is 0 Å². The van der Waals surface area contributed by atoms with Gasteiger partial charge in [0.1, 0.15) is 5.82 Å². The first-order valence-electron chi connectivity index (χ1n) is 6.94. The minimum Gasteiger partial charge on any atom is -0.378 e. The number of imidazole rings is 1. The van der Waals surface area contributed by atoms with Crippen molar-refractivity contribution in [2.45, 2.75) is 31.9 Å². The number of rotatable bonds is 3. The number of hydrogen-bond acceptors (Lipinski definition) is 3. The van der Waals surface area contributed by atoms with Gasteiger partial charge in [0.05, 0.1) is 17.1 Å². The van der Waals surface area contributed by atoms with E-state index in [-0.39, 0.29) is 12.1 Å². The molecule has 1 aliphatic heterocycles. The van der Waals surface area contributed by atoms with Crippen LogP contribution < -0.4 is 5.73 Å². The first-order chi connectivity index (χ1) is 9.16. The lowest BCUT2D eigenvalue weighted by atomic mass is 9.92. The van der Waals surface area contributed by atoms with E-state index >= 15 is 0 Å². The first-order valence-corrected chi connectivity index (χ1v) is 6.94. The Hall–Kier alpha value is -1.39. The summed E-state index contributed by atoms with van der Waals surface area (Å²) in [5.74, 6) is 1.51. The molecule has 0 bridgehead atoms. The molecular formula is C15H21N3O. The van der Waals surface area contributed by atoms with E-state index in [1.54, 1.807) is 0 Å². The van der Waals surface area contributed by atoms with E-state index in [1.807, 2.05) is 18.2 Å². The van der Waals surface area contributed by atoms with Crippen molar-refractivity contribution < 1.29 is 4.74 Å². The fraction of sp³-hybridized carbons (Fsp3) is 0.533. The van der Waals surface area contributed by atoms with Crippen LogP contribution >= 0.6 is 0 Å². The standard InChI is InChI=1S/C15H21N3O/c1-10-11(7-8-19-10)12(16)9-15-17-13-5-3-4-6-14(13)18(15)2/h3-6,10-12H,7-9,16H2,1-2H3. The summed E-state index contributed by atoms with van der Waals surface area (Å²) in [6.07, 6.45) is 2.14. The summed E-state index contributed by atoms with van der Waals surface area (Å²) in [4.78, 5) is 4.69. The van der Waals surface area contributed by atoms with Crippen LogP contribution in [0, 0.1) is 5.92 Å². The second-order valence-corrected chi connectivity index (χ2v) is 5.47. The zero-order chi connectivity index (χ0) is 13.4. The molecule has 1 fully saturated rings. The molecule has 0 aliphatic carbocycles. The van der Waals surface area contributed by atoms with Crippen molar-refractivity contribution in [3.63, 3.8) is 0 Å². The second-order valence-electron chi connectivity index (χ2n) is 5.47. The summed E-state index contributed by atoms with van der Waals surface area (Å²) in [7, 11) is 2.06. The van der Waals surface area contributed by atoms with Crippen LogP contribution in [0.2, 0.25) is 0 Å². The Kier molecular flexibility index (Phi) is 3.29. The minimum absolute atomic E-state index is 0.119. The maximum Gasteiger partial charge on any atom is 0.111 e. The van der Waals surface area contributed by atoms with Gasteiger partial charge in [0.2, 0.25) is 0 Å². The molecule has 3 rings (SSSR count). The van der Waals surface area contributed by atoms with Crippen molar-refractivity contribution >= 4 is 11.0 Å². The van der Waals surface area contributed by atoms with Crippen molar-refractivity contribution in [1.82, 2.24) is 9.55 Å². The third kappa shape index (κ3) is 2.26. The lowest BCUT2D eigenvalue weighted by Crippen LogP contribution is -2.36. The van der Waals surface area contributed by atoms with E-state index in [4.69, 9.17) is 15.5 Å². The molecule has 0 saturated carbocycles. The molecule has 3 unspecified atom stereocenters. The van der Waals surface area contributed by atoms with Gasteiger partial charge in [-0.25, -0.2) is 4.98 Å². The molecule has 3 atom stereocenters. The number of aryl methyl sites for hydroxylation is 1. The van der Waals surface area contributed by atoms with E-state index in [2.05, 4.69) is 24.6 Å². The molecule has 2 heterocycles. The van der Waals surface area contributed by atoms with E-state index in [0.29, 0.717) is 5.92 Å². The van der Waals surface area contributed by atoms with Gasteiger partial charge in [-0.3, -0.25) is 0 Å². The fourth-order valence-corrected chi connectivity index (χ4v) is 3.05. The van der Waals surface area contributed by atoms with Gasteiger partial charge in [-0.1, -0.05) is 12.1 Å². The van der Waals surface area contributed by atoms with E-state index in [0.717, 1.165) is 30.8 Å². The molecular weight excluding hydrogens is 238 g/mol. The Labute approximate surface area is 113 Å². The highest BCUT2D eigenvalue weighted by Gasteiger charge is 2.30. The summed E-state index contributed by atoms with van der Waals surface area (Å²) in [5.41, 5.74) is 8.57. The Morgan fingerprint density at radius 2 is 2.26 bits per heavy atom. The quantitative estimate of drug-likeness (QED) is 0.915. The average Bonchev–Trinajstić information content (AvgIpc) is 2.95. The average molecular weight is 259 g/mol. The number of hydrogen-bond donors (Lipinski definition) is 1. The molecule has 4 nitrogen and oxygen atoms in total. The summed E-state index contributed by atoms with van der Waals surface area (Å²) in [5, 5.41) is 0. The number of benzene rings is 1. The summed E-state index contributed by atoms with van der Waals surface area (Å²) in [6, 6.07) is 8.32. The molecule has 0 radical (unpaired) electrons. The van der Waals surface area contributed by atoms with Crippen LogP contribution in [0.15, 0.2) is 24.3 Å². The van der Waals surface area contributed by atoms with Crippen LogP contribution in [0.1, 0.15) is 19.2 Å².